The van der Waals surface area contributed by atoms with Crippen molar-refractivity contribution in [2.24, 2.45) is 0 Å². The molecule has 34 heavy (non-hydrogen) atoms. The predicted molar refractivity (Wildman–Crippen MR) is 129 cm³/mol. The van der Waals surface area contributed by atoms with Crippen molar-refractivity contribution in [2.75, 3.05) is 20.8 Å². The van der Waals surface area contributed by atoms with Gasteiger partial charge in [0, 0.05) is 0 Å². The van der Waals surface area contributed by atoms with Crippen molar-refractivity contribution >= 4 is 11.9 Å². The van der Waals surface area contributed by atoms with Crippen LogP contribution in [0.2, 0.25) is 0 Å². The first kappa shape index (κ1) is 28.3. The van der Waals surface area contributed by atoms with E-state index in [0.29, 0.717) is 6.42 Å². The highest BCUT2D eigenvalue weighted by atomic mass is 16.6. The molecule has 1 aliphatic heterocycles. The number of aliphatic hydroxyl groups is 1. The molecule has 0 spiro atoms. The zero-order chi connectivity index (χ0) is 24.9. The van der Waals surface area contributed by atoms with Gasteiger partial charge in [0.25, 0.3) is 0 Å². The molecule has 1 heterocycles. The Hall–Kier alpha value is -1.96. The van der Waals surface area contributed by atoms with Crippen molar-refractivity contribution in [3.63, 3.8) is 0 Å². The Kier molecular flexibility index (Phi) is 12.0. The molecule has 1 fully saturated rings. The molecule has 0 saturated carbocycles. The smallest absolute Gasteiger partial charge is 0.344 e. The van der Waals surface area contributed by atoms with Crippen molar-refractivity contribution in [1.82, 2.24) is 0 Å². The maximum absolute atomic E-state index is 12.9. The molecule has 7 heteroatoms. The number of rotatable bonds is 16. The number of unbranched alkanes of at least 4 members (excludes halogenated alkanes) is 9. The van der Waals surface area contributed by atoms with Crippen molar-refractivity contribution in [3.05, 3.63) is 35.9 Å². The Morgan fingerprint density at radius 3 is 2.03 bits per heavy atom. The molecule has 0 unspecified atom stereocenters. The zero-order valence-electron chi connectivity index (χ0n) is 21.1. The third-order valence-electron chi connectivity index (χ3n) is 6.75. The standard InChI is InChI=1S/C27H42O7/c1-4-5-6-7-8-9-10-11-12-16-19-26(24(28)31-2)27(30,25(29)32-3)23(21-34-26)33-20-22-17-14-13-15-18-22/h13-15,17-18,23,30H,4-12,16,19-21H2,1-3H3/t23-,26+,27-/m1/s1. The average molecular weight is 479 g/mol. The number of benzene rings is 1. The number of methoxy groups -OCH3 is 2. The van der Waals surface area contributed by atoms with Gasteiger partial charge in [-0.2, -0.15) is 0 Å². The van der Waals surface area contributed by atoms with Crippen LogP contribution in [0.5, 0.6) is 0 Å². The summed E-state index contributed by atoms with van der Waals surface area (Å²) in [5.74, 6) is -1.75. The van der Waals surface area contributed by atoms with Gasteiger partial charge in [-0.3, -0.25) is 0 Å². The van der Waals surface area contributed by atoms with E-state index in [1.807, 2.05) is 30.3 Å². The summed E-state index contributed by atoms with van der Waals surface area (Å²) in [6, 6.07) is 9.40. The Morgan fingerprint density at radius 1 is 0.912 bits per heavy atom. The van der Waals surface area contributed by atoms with Crippen molar-refractivity contribution < 1.29 is 33.6 Å². The van der Waals surface area contributed by atoms with E-state index in [9.17, 15) is 14.7 Å². The second-order valence-corrected chi connectivity index (χ2v) is 9.10. The second-order valence-electron chi connectivity index (χ2n) is 9.10. The summed E-state index contributed by atoms with van der Waals surface area (Å²) in [4.78, 5) is 25.7. The lowest BCUT2D eigenvalue weighted by molar-refractivity contribution is -0.210. The van der Waals surface area contributed by atoms with Gasteiger partial charge in [0.05, 0.1) is 27.4 Å². The summed E-state index contributed by atoms with van der Waals surface area (Å²) in [5.41, 5.74) is -3.29. The summed E-state index contributed by atoms with van der Waals surface area (Å²) in [7, 11) is 2.40. The van der Waals surface area contributed by atoms with Crippen LogP contribution in [0.4, 0.5) is 0 Å². The van der Waals surface area contributed by atoms with E-state index in [4.69, 9.17) is 18.9 Å². The minimum Gasteiger partial charge on any atom is -0.467 e. The van der Waals surface area contributed by atoms with E-state index in [2.05, 4.69) is 6.92 Å². The van der Waals surface area contributed by atoms with Crippen LogP contribution in [0.3, 0.4) is 0 Å². The molecule has 1 aliphatic rings. The number of ether oxygens (including phenoxy) is 4. The Labute approximate surface area is 204 Å². The van der Waals surface area contributed by atoms with Crippen molar-refractivity contribution in [3.8, 4) is 0 Å². The largest absolute Gasteiger partial charge is 0.467 e. The fraction of sp³-hybridized carbons (Fsp3) is 0.704. The number of hydrogen-bond acceptors (Lipinski definition) is 7. The molecule has 0 bridgehead atoms. The number of esters is 2. The lowest BCUT2D eigenvalue weighted by Gasteiger charge is -2.38. The van der Waals surface area contributed by atoms with Crippen LogP contribution in [-0.4, -0.2) is 55.2 Å². The second kappa shape index (κ2) is 14.4. The van der Waals surface area contributed by atoms with Crippen LogP contribution in [0, 0.1) is 0 Å². The summed E-state index contributed by atoms with van der Waals surface area (Å²) >= 11 is 0. The van der Waals surface area contributed by atoms with Crippen LogP contribution in [0.15, 0.2) is 30.3 Å². The fourth-order valence-electron chi connectivity index (χ4n) is 4.71. The lowest BCUT2D eigenvalue weighted by Crippen LogP contribution is -2.66. The summed E-state index contributed by atoms with van der Waals surface area (Å²) in [6.07, 6.45) is 10.3. The molecule has 1 aromatic rings. The number of carbonyl (C=O) groups excluding carboxylic acids is 2. The Bertz CT molecular complexity index is 738. The van der Waals surface area contributed by atoms with Gasteiger partial charge in [-0.15, -0.1) is 0 Å². The molecule has 0 aromatic heterocycles. The highest BCUT2D eigenvalue weighted by Gasteiger charge is 2.71. The highest BCUT2D eigenvalue weighted by Crippen LogP contribution is 2.44. The van der Waals surface area contributed by atoms with E-state index in [1.54, 1.807) is 0 Å². The normalized spacial score (nSPS) is 24.2. The molecule has 0 radical (unpaired) electrons. The van der Waals surface area contributed by atoms with Crippen molar-refractivity contribution in [2.45, 2.75) is 101 Å². The van der Waals surface area contributed by atoms with Crippen LogP contribution >= 0.6 is 0 Å². The highest BCUT2D eigenvalue weighted by molar-refractivity contribution is 5.94. The van der Waals surface area contributed by atoms with Gasteiger partial charge in [0.2, 0.25) is 11.2 Å². The molecule has 1 aromatic carbocycles. The SMILES string of the molecule is CCCCCCCCCCCC[C@@]1(C(=O)OC)OC[C@@H](OCc2ccccc2)[C@@]1(O)C(=O)OC. The monoisotopic (exact) mass is 478 g/mol. The van der Waals surface area contributed by atoms with Gasteiger partial charge in [-0.25, -0.2) is 9.59 Å². The van der Waals surface area contributed by atoms with Crippen LogP contribution in [-0.2, 0) is 35.1 Å². The Balaban J connectivity index is 2.00. The fourth-order valence-corrected chi connectivity index (χ4v) is 4.71. The molecular formula is C27H42O7. The topological polar surface area (TPSA) is 91.3 Å². The molecule has 1 saturated heterocycles. The summed E-state index contributed by atoms with van der Waals surface area (Å²) < 4.78 is 21.7. The third kappa shape index (κ3) is 6.80. The first-order chi connectivity index (χ1) is 16.5. The number of hydrogen-bond donors (Lipinski definition) is 1. The van der Waals surface area contributed by atoms with E-state index >= 15 is 0 Å². The van der Waals surface area contributed by atoms with Crippen molar-refractivity contribution in [1.29, 1.82) is 0 Å². The molecule has 0 amide bonds. The van der Waals surface area contributed by atoms with Crippen LogP contribution in [0.1, 0.15) is 83.1 Å². The molecule has 2 rings (SSSR count). The first-order valence-electron chi connectivity index (χ1n) is 12.6. The molecule has 192 valence electrons. The van der Waals surface area contributed by atoms with E-state index in [0.717, 1.165) is 24.8 Å². The molecular weight excluding hydrogens is 436 g/mol. The van der Waals surface area contributed by atoms with Gasteiger partial charge in [0.1, 0.15) is 6.10 Å². The average Bonchev–Trinajstić information content (AvgIpc) is 3.16. The van der Waals surface area contributed by atoms with Gasteiger partial charge < -0.3 is 24.1 Å². The van der Waals surface area contributed by atoms with Gasteiger partial charge in [-0.1, -0.05) is 95.0 Å². The van der Waals surface area contributed by atoms with Gasteiger partial charge in [0.15, 0.2) is 0 Å². The quantitative estimate of drug-likeness (QED) is 0.271. The van der Waals surface area contributed by atoms with Crippen LogP contribution < -0.4 is 0 Å². The number of carbonyl (C=O) groups is 2. The maximum atomic E-state index is 12.9. The lowest BCUT2D eigenvalue weighted by atomic mass is 9.77. The van der Waals surface area contributed by atoms with E-state index in [-0.39, 0.29) is 19.6 Å². The molecule has 7 nitrogen and oxygen atoms in total. The third-order valence-corrected chi connectivity index (χ3v) is 6.75. The predicted octanol–water partition coefficient (Wildman–Crippen LogP) is 4.73. The zero-order valence-corrected chi connectivity index (χ0v) is 21.1. The first-order valence-corrected chi connectivity index (χ1v) is 12.6. The minimum atomic E-state index is -2.30. The summed E-state index contributed by atoms with van der Waals surface area (Å²) in [6.45, 7) is 2.25. The van der Waals surface area contributed by atoms with Gasteiger partial charge in [-0.05, 0) is 18.4 Å². The van der Waals surface area contributed by atoms with Gasteiger partial charge >= 0.3 is 11.9 Å². The molecule has 0 aliphatic carbocycles. The molecule has 1 N–H and O–H groups in total. The molecule has 3 atom stereocenters. The summed E-state index contributed by atoms with van der Waals surface area (Å²) in [5, 5.41) is 11.6. The maximum Gasteiger partial charge on any atom is 0.344 e. The Morgan fingerprint density at radius 2 is 1.47 bits per heavy atom. The van der Waals surface area contributed by atoms with E-state index < -0.39 is 29.2 Å². The van der Waals surface area contributed by atoms with E-state index in [1.165, 1.54) is 52.7 Å². The van der Waals surface area contributed by atoms with Crippen LogP contribution in [0.25, 0.3) is 0 Å². The minimum absolute atomic E-state index is 0.120.